The minimum atomic E-state index is -4.09. The summed E-state index contributed by atoms with van der Waals surface area (Å²) >= 11 is 6.24. The van der Waals surface area contributed by atoms with Gasteiger partial charge in [0.15, 0.2) is 6.61 Å². The molecule has 0 fully saturated rings. The van der Waals surface area contributed by atoms with Crippen molar-refractivity contribution in [2.75, 3.05) is 24.6 Å². The molecular weight excluding hydrogens is 494 g/mol. The molecule has 9 nitrogen and oxygen atoms in total. The standard InChI is InChI=1S/C24H22ClN3O6S/c1-33-24(30)17-34-19-9-7-8-18(14-19)15-26-27-23(29)16-28(22-13-6-5-12-21(22)25)35(31,32)20-10-3-2-4-11-20/h2-15H,16-17H2,1H3,(H,27,29)/b26-15+. The van der Waals surface area contributed by atoms with E-state index in [1.165, 1.54) is 37.6 Å². The number of benzene rings is 3. The molecule has 1 amide bonds. The number of carbonyl (C=O) groups is 2. The molecule has 0 saturated heterocycles. The Morgan fingerprint density at radius 3 is 2.46 bits per heavy atom. The third-order valence-corrected chi connectivity index (χ3v) is 6.68. The van der Waals surface area contributed by atoms with Gasteiger partial charge in [-0.2, -0.15) is 5.10 Å². The Balaban J connectivity index is 1.74. The molecule has 0 spiro atoms. The van der Waals surface area contributed by atoms with Gasteiger partial charge in [-0.25, -0.2) is 18.6 Å². The van der Waals surface area contributed by atoms with Crippen LogP contribution in [0.1, 0.15) is 5.56 Å². The number of esters is 1. The predicted molar refractivity (Wildman–Crippen MR) is 132 cm³/mol. The molecule has 0 unspecified atom stereocenters. The van der Waals surface area contributed by atoms with E-state index in [9.17, 15) is 18.0 Å². The monoisotopic (exact) mass is 515 g/mol. The van der Waals surface area contributed by atoms with Gasteiger partial charge in [0.25, 0.3) is 15.9 Å². The third-order valence-electron chi connectivity index (χ3n) is 4.58. The number of amides is 1. The Morgan fingerprint density at radius 1 is 1.03 bits per heavy atom. The highest BCUT2D eigenvalue weighted by molar-refractivity contribution is 7.92. The van der Waals surface area contributed by atoms with Gasteiger partial charge in [-0.05, 0) is 42.0 Å². The van der Waals surface area contributed by atoms with Crippen LogP contribution < -0.4 is 14.5 Å². The zero-order chi connectivity index (χ0) is 25.3. The molecule has 0 aromatic heterocycles. The van der Waals surface area contributed by atoms with E-state index < -0.39 is 28.4 Å². The number of carbonyl (C=O) groups excluding carboxylic acids is 2. The lowest BCUT2D eigenvalue weighted by atomic mass is 10.2. The fraction of sp³-hybridized carbons (Fsp3) is 0.125. The van der Waals surface area contributed by atoms with Crippen LogP contribution in [0, 0.1) is 0 Å². The Bertz CT molecular complexity index is 1320. The van der Waals surface area contributed by atoms with E-state index in [0.29, 0.717) is 11.3 Å². The van der Waals surface area contributed by atoms with Crippen LogP contribution >= 0.6 is 11.6 Å². The summed E-state index contributed by atoms with van der Waals surface area (Å²) in [5.74, 6) is -0.798. The van der Waals surface area contributed by atoms with Crippen molar-refractivity contribution in [1.29, 1.82) is 0 Å². The van der Waals surface area contributed by atoms with E-state index >= 15 is 0 Å². The molecule has 0 aliphatic rings. The number of methoxy groups -OCH3 is 1. The average molecular weight is 516 g/mol. The highest BCUT2D eigenvalue weighted by atomic mass is 35.5. The molecule has 0 bridgehead atoms. The largest absolute Gasteiger partial charge is 0.482 e. The predicted octanol–water partition coefficient (Wildman–Crippen LogP) is 3.24. The first-order chi connectivity index (χ1) is 16.8. The first-order valence-corrected chi connectivity index (χ1v) is 12.1. The number of nitrogens with zero attached hydrogens (tertiary/aromatic N) is 2. The van der Waals surface area contributed by atoms with Gasteiger partial charge >= 0.3 is 5.97 Å². The summed E-state index contributed by atoms with van der Waals surface area (Å²) in [6.45, 7) is -0.803. The Morgan fingerprint density at radius 2 is 1.74 bits per heavy atom. The smallest absolute Gasteiger partial charge is 0.343 e. The molecule has 35 heavy (non-hydrogen) atoms. The van der Waals surface area contributed by atoms with Gasteiger partial charge in [-0.1, -0.05) is 54.1 Å². The third kappa shape index (κ3) is 7.05. The fourth-order valence-corrected chi connectivity index (χ4v) is 4.65. The molecule has 1 N–H and O–H groups in total. The summed E-state index contributed by atoms with van der Waals surface area (Å²) in [7, 11) is -2.83. The van der Waals surface area contributed by atoms with Crippen LogP contribution in [-0.2, 0) is 24.3 Å². The molecule has 3 aromatic rings. The van der Waals surface area contributed by atoms with Gasteiger partial charge in [0, 0.05) is 0 Å². The van der Waals surface area contributed by atoms with E-state index in [-0.39, 0.29) is 22.2 Å². The molecule has 3 aromatic carbocycles. The van der Waals surface area contributed by atoms with E-state index in [0.717, 1.165) is 4.31 Å². The Kier molecular flexibility index (Phi) is 8.82. The van der Waals surface area contributed by atoms with Crippen LogP contribution in [-0.4, -0.2) is 46.8 Å². The molecule has 0 aliphatic carbocycles. The zero-order valence-electron chi connectivity index (χ0n) is 18.6. The van der Waals surface area contributed by atoms with Gasteiger partial charge in [0.05, 0.1) is 28.9 Å². The summed E-state index contributed by atoms with van der Waals surface area (Å²) in [5, 5.41) is 4.07. The number of para-hydroxylation sites is 1. The van der Waals surface area contributed by atoms with Crippen molar-refractivity contribution in [3.8, 4) is 5.75 Å². The fourth-order valence-electron chi connectivity index (χ4n) is 2.90. The van der Waals surface area contributed by atoms with Crippen LogP contribution in [0.15, 0.2) is 88.9 Å². The van der Waals surface area contributed by atoms with Gasteiger partial charge in [-0.15, -0.1) is 0 Å². The maximum Gasteiger partial charge on any atom is 0.343 e. The topological polar surface area (TPSA) is 114 Å². The molecule has 0 atom stereocenters. The quantitative estimate of drug-likeness (QED) is 0.252. The van der Waals surface area contributed by atoms with E-state index in [1.807, 2.05) is 0 Å². The van der Waals surface area contributed by atoms with E-state index in [1.54, 1.807) is 54.6 Å². The Labute approximate surface area is 208 Å². The second kappa shape index (κ2) is 12.0. The summed E-state index contributed by atoms with van der Waals surface area (Å²) in [6.07, 6.45) is 1.36. The first-order valence-electron chi connectivity index (χ1n) is 10.2. The minimum absolute atomic E-state index is 0.0139. The Hall–Kier alpha value is -3.89. The van der Waals surface area contributed by atoms with Crippen molar-refractivity contribution in [2.24, 2.45) is 5.10 Å². The van der Waals surface area contributed by atoms with E-state index in [2.05, 4.69) is 15.3 Å². The number of rotatable bonds is 10. The number of halogens is 1. The van der Waals surface area contributed by atoms with Gasteiger partial charge < -0.3 is 9.47 Å². The summed E-state index contributed by atoms with van der Waals surface area (Å²) in [5.41, 5.74) is 3.06. The number of anilines is 1. The van der Waals surface area contributed by atoms with Crippen molar-refractivity contribution < 1.29 is 27.5 Å². The molecule has 11 heteroatoms. The molecule has 182 valence electrons. The van der Waals surface area contributed by atoms with Crippen molar-refractivity contribution >= 4 is 45.4 Å². The SMILES string of the molecule is COC(=O)COc1cccc(/C=N/NC(=O)CN(c2ccccc2Cl)S(=O)(=O)c2ccccc2)c1. The lowest BCUT2D eigenvalue weighted by Gasteiger charge is -2.24. The first kappa shape index (κ1) is 25.7. The second-order valence-corrected chi connectivity index (χ2v) is 9.28. The number of hydrogen-bond acceptors (Lipinski definition) is 7. The number of sulfonamides is 1. The lowest BCUT2D eigenvalue weighted by Crippen LogP contribution is -2.39. The molecule has 3 rings (SSSR count). The molecule has 0 heterocycles. The summed E-state index contributed by atoms with van der Waals surface area (Å²) < 4.78 is 37.3. The number of nitrogens with one attached hydrogen (secondary N) is 1. The van der Waals surface area contributed by atoms with Crippen molar-refractivity contribution in [3.63, 3.8) is 0 Å². The second-order valence-electron chi connectivity index (χ2n) is 7.01. The zero-order valence-corrected chi connectivity index (χ0v) is 20.2. The average Bonchev–Trinajstić information content (AvgIpc) is 2.87. The molecule has 0 radical (unpaired) electrons. The van der Waals surface area contributed by atoms with Gasteiger partial charge in [-0.3, -0.25) is 9.10 Å². The van der Waals surface area contributed by atoms with Crippen molar-refractivity contribution in [1.82, 2.24) is 5.43 Å². The van der Waals surface area contributed by atoms with E-state index in [4.69, 9.17) is 16.3 Å². The molecule has 0 aliphatic heterocycles. The van der Waals surface area contributed by atoms with Crippen LogP contribution in [0.4, 0.5) is 5.69 Å². The van der Waals surface area contributed by atoms with Crippen LogP contribution in [0.3, 0.4) is 0 Å². The normalized spacial score (nSPS) is 11.1. The maximum atomic E-state index is 13.3. The number of ether oxygens (including phenoxy) is 2. The highest BCUT2D eigenvalue weighted by Crippen LogP contribution is 2.30. The lowest BCUT2D eigenvalue weighted by molar-refractivity contribution is -0.142. The van der Waals surface area contributed by atoms with Crippen LogP contribution in [0.5, 0.6) is 5.75 Å². The minimum Gasteiger partial charge on any atom is -0.482 e. The molecule has 0 saturated carbocycles. The van der Waals surface area contributed by atoms with Crippen LogP contribution in [0.25, 0.3) is 0 Å². The number of hydrogen-bond donors (Lipinski definition) is 1. The van der Waals surface area contributed by atoms with Gasteiger partial charge in [0.2, 0.25) is 0 Å². The maximum absolute atomic E-state index is 13.3. The summed E-state index contributed by atoms with van der Waals surface area (Å²) in [6, 6.07) is 20.7. The van der Waals surface area contributed by atoms with Crippen LogP contribution in [0.2, 0.25) is 5.02 Å². The van der Waals surface area contributed by atoms with Crippen molar-refractivity contribution in [3.05, 3.63) is 89.4 Å². The van der Waals surface area contributed by atoms with Crippen molar-refractivity contribution in [2.45, 2.75) is 4.90 Å². The molecular formula is C24H22ClN3O6S. The van der Waals surface area contributed by atoms with Gasteiger partial charge in [0.1, 0.15) is 12.3 Å². The number of hydrazone groups is 1. The summed E-state index contributed by atoms with van der Waals surface area (Å²) in [4.78, 5) is 23.9. The highest BCUT2D eigenvalue weighted by Gasteiger charge is 2.28.